The predicted octanol–water partition coefficient (Wildman–Crippen LogP) is 2.30. The lowest BCUT2D eigenvalue weighted by Gasteiger charge is -2.00. The van der Waals surface area contributed by atoms with Crippen molar-refractivity contribution in [1.29, 1.82) is 0 Å². The molecule has 1 unspecified atom stereocenters. The average Bonchev–Trinajstić information content (AvgIpc) is 2.44. The quantitative estimate of drug-likeness (QED) is 0.648. The number of carbonyl (C=O) groups excluding carboxylic acids is 1. The smallest absolute Gasteiger partial charge is 0.235 e. The van der Waals surface area contributed by atoms with E-state index in [9.17, 15) is 4.79 Å². The van der Waals surface area contributed by atoms with Gasteiger partial charge in [-0.3, -0.25) is 4.79 Å². The summed E-state index contributed by atoms with van der Waals surface area (Å²) < 4.78 is 0. The first-order valence-electron chi connectivity index (χ1n) is 4.35. The Bertz CT molecular complexity index is 368. The van der Waals surface area contributed by atoms with Crippen LogP contribution in [0.15, 0.2) is 36.4 Å². The maximum Gasteiger partial charge on any atom is 0.235 e. The molecule has 0 spiro atoms. The molecule has 2 rings (SSSR count). The van der Waals surface area contributed by atoms with E-state index in [1.807, 2.05) is 43.3 Å². The van der Waals surface area contributed by atoms with Gasteiger partial charge < -0.3 is 5.32 Å². The summed E-state index contributed by atoms with van der Waals surface area (Å²) in [6.07, 6.45) is 3.83. The Balaban J connectivity index is 2.46. The van der Waals surface area contributed by atoms with Crippen molar-refractivity contribution < 1.29 is 4.79 Å². The van der Waals surface area contributed by atoms with Crippen molar-refractivity contribution in [3.05, 3.63) is 42.0 Å². The molecule has 2 heteroatoms. The zero-order valence-electron chi connectivity index (χ0n) is 7.45. The molecule has 1 aromatic carbocycles. The number of nitrogens with one attached hydrogen (secondary N) is 1. The second-order valence-corrected chi connectivity index (χ2v) is 3.08. The summed E-state index contributed by atoms with van der Waals surface area (Å²) in [5.74, 6) is -0.0273. The van der Waals surface area contributed by atoms with Crippen LogP contribution < -0.4 is 5.32 Å². The van der Waals surface area contributed by atoms with E-state index in [2.05, 4.69) is 5.32 Å². The number of rotatable bonds is 1. The fourth-order valence-corrected chi connectivity index (χ4v) is 1.62. The van der Waals surface area contributed by atoms with Crippen LogP contribution in [0, 0.1) is 0 Å². The molecule has 13 heavy (non-hydrogen) atoms. The van der Waals surface area contributed by atoms with Crippen LogP contribution >= 0.6 is 0 Å². The Kier molecular flexibility index (Phi) is 1.89. The van der Waals surface area contributed by atoms with E-state index in [1.165, 1.54) is 0 Å². The van der Waals surface area contributed by atoms with E-state index in [0.29, 0.717) is 0 Å². The maximum atomic E-state index is 11.5. The van der Waals surface area contributed by atoms with E-state index in [4.69, 9.17) is 0 Å². The lowest BCUT2D eigenvalue weighted by Crippen LogP contribution is -2.09. The molecule has 0 aromatic heterocycles. The minimum absolute atomic E-state index is 0.0688. The highest BCUT2D eigenvalue weighted by atomic mass is 16.2. The van der Waals surface area contributed by atoms with Gasteiger partial charge in [0.1, 0.15) is 0 Å². The third-order valence-corrected chi connectivity index (χ3v) is 2.22. The van der Waals surface area contributed by atoms with Gasteiger partial charge in [0.15, 0.2) is 0 Å². The van der Waals surface area contributed by atoms with Gasteiger partial charge in [0, 0.05) is 5.69 Å². The van der Waals surface area contributed by atoms with E-state index in [-0.39, 0.29) is 11.8 Å². The Morgan fingerprint density at radius 3 is 2.92 bits per heavy atom. The van der Waals surface area contributed by atoms with Crippen LogP contribution in [0.5, 0.6) is 0 Å². The molecule has 1 N–H and O–H groups in total. The van der Waals surface area contributed by atoms with Crippen LogP contribution in [-0.2, 0) is 4.79 Å². The zero-order valence-corrected chi connectivity index (χ0v) is 7.45. The SMILES string of the molecule is C/C=C/C1C(=O)Nc2ccccc21. The highest BCUT2D eigenvalue weighted by molar-refractivity contribution is 6.04. The zero-order chi connectivity index (χ0) is 9.26. The van der Waals surface area contributed by atoms with Crippen LogP contribution in [-0.4, -0.2) is 5.91 Å². The van der Waals surface area contributed by atoms with Crippen molar-refractivity contribution in [2.24, 2.45) is 0 Å². The van der Waals surface area contributed by atoms with Crippen LogP contribution in [0.4, 0.5) is 5.69 Å². The monoisotopic (exact) mass is 173 g/mol. The highest BCUT2D eigenvalue weighted by Gasteiger charge is 2.27. The van der Waals surface area contributed by atoms with Crippen LogP contribution in [0.3, 0.4) is 0 Å². The van der Waals surface area contributed by atoms with Crippen molar-refractivity contribution in [3.8, 4) is 0 Å². The molecule has 0 fully saturated rings. The molecule has 1 amide bonds. The molecule has 0 saturated heterocycles. The predicted molar refractivity (Wildman–Crippen MR) is 52.6 cm³/mol. The maximum absolute atomic E-state index is 11.5. The fourth-order valence-electron chi connectivity index (χ4n) is 1.62. The molecule has 1 atom stereocenters. The standard InChI is InChI=1S/C11H11NO/c1-2-5-9-8-6-3-4-7-10(8)12-11(9)13/h2-7,9H,1H3,(H,12,13)/b5-2+. The van der Waals surface area contributed by atoms with Crippen molar-refractivity contribution in [3.63, 3.8) is 0 Å². The number of fused-ring (bicyclic) bond motifs is 1. The van der Waals surface area contributed by atoms with Crippen LogP contribution in [0.2, 0.25) is 0 Å². The van der Waals surface area contributed by atoms with E-state index in [0.717, 1.165) is 11.3 Å². The van der Waals surface area contributed by atoms with Crippen LogP contribution in [0.1, 0.15) is 18.4 Å². The Hall–Kier alpha value is -1.57. The first-order valence-corrected chi connectivity index (χ1v) is 4.35. The van der Waals surface area contributed by atoms with Gasteiger partial charge in [-0.1, -0.05) is 30.4 Å². The van der Waals surface area contributed by atoms with Crippen molar-refractivity contribution in [2.75, 3.05) is 5.32 Å². The Labute approximate surface area is 77.3 Å². The summed E-state index contributed by atoms with van der Waals surface area (Å²) in [4.78, 5) is 11.5. The van der Waals surface area contributed by atoms with E-state index >= 15 is 0 Å². The molecular formula is C11H11NO. The number of allylic oxidation sites excluding steroid dienone is 1. The number of amides is 1. The molecule has 0 radical (unpaired) electrons. The molecule has 2 nitrogen and oxygen atoms in total. The minimum atomic E-state index is -0.0961. The lowest BCUT2D eigenvalue weighted by molar-refractivity contribution is -0.116. The summed E-state index contributed by atoms with van der Waals surface area (Å²) in [5, 5.41) is 2.84. The number of hydrogen-bond acceptors (Lipinski definition) is 1. The molecule has 1 heterocycles. The van der Waals surface area contributed by atoms with Gasteiger partial charge in [-0.2, -0.15) is 0 Å². The van der Waals surface area contributed by atoms with Crippen molar-refractivity contribution in [2.45, 2.75) is 12.8 Å². The molecule has 1 aromatic rings. The number of carbonyl (C=O) groups is 1. The highest BCUT2D eigenvalue weighted by Crippen LogP contribution is 2.32. The first kappa shape index (κ1) is 8.05. The third kappa shape index (κ3) is 1.24. The van der Waals surface area contributed by atoms with Crippen molar-refractivity contribution in [1.82, 2.24) is 0 Å². The number of hydrogen-bond donors (Lipinski definition) is 1. The summed E-state index contributed by atoms with van der Waals surface area (Å²) in [5.41, 5.74) is 2.02. The molecule has 0 saturated carbocycles. The third-order valence-electron chi connectivity index (χ3n) is 2.22. The van der Waals surface area contributed by atoms with Gasteiger partial charge >= 0.3 is 0 Å². The topological polar surface area (TPSA) is 29.1 Å². The second-order valence-electron chi connectivity index (χ2n) is 3.08. The Morgan fingerprint density at radius 2 is 2.15 bits per heavy atom. The minimum Gasteiger partial charge on any atom is -0.325 e. The van der Waals surface area contributed by atoms with Gasteiger partial charge in [-0.15, -0.1) is 0 Å². The van der Waals surface area contributed by atoms with Crippen molar-refractivity contribution >= 4 is 11.6 Å². The summed E-state index contributed by atoms with van der Waals surface area (Å²) in [6.45, 7) is 1.92. The van der Waals surface area contributed by atoms with Gasteiger partial charge in [-0.25, -0.2) is 0 Å². The largest absolute Gasteiger partial charge is 0.325 e. The summed E-state index contributed by atoms with van der Waals surface area (Å²) in [7, 11) is 0. The second kappa shape index (κ2) is 3.05. The molecule has 1 aliphatic heterocycles. The molecule has 0 aliphatic carbocycles. The fraction of sp³-hybridized carbons (Fsp3) is 0.182. The normalized spacial score (nSPS) is 20.4. The number of benzene rings is 1. The average molecular weight is 173 g/mol. The summed E-state index contributed by atoms with van der Waals surface area (Å²) >= 11 is 0. The lowest BCUT2D eigenvalue weighted by atomic mass is 10.0. The van der Waals surface area contributed by atoms with Gasteiger partial charge in [-0.05, 0) is 18.6 Å². The first-order chi connectivity index (χ1) is 6.33. The van der Waals surface area contributed by atoms with Gasteiger partial charge in [0.2, 0.25) is 5.91 Å². The van der Waals surface area contributed by atoms with Gasteiger partial charge in [0.05, 0.1) is 5.92 Å². The van der Waals surface area contributed by atoms with E-state index in [1.54, 1.807) is 0 Å². The number of para-hydroxylation sites is 1. The molecule has 1 aliphatic rings. The molecule has 0 bridgehead atoms. The molecular weight excluding hydrogens is 162 g/mol. The Morgan fingerprint density at radius 1 is 1.38 bits per heavy atom. The summed E-state index contributed by atoms with van der Waals surface area (Å²) in [6, 6.07) is 7.79. The number of anilines is 1. The van der Waals surface area contributed by atoms with E-state index < -0.39 is 0 Å². The van der Waals surface area contributed by atoms with Gasteiger partial charge in [0.25, 0.3) is 0 Å². The van der Waals surface area contributed by atoms with Crippen LogP contribution in [0.25, 0.3) is 0 Å². The molecule has 66 valence electrons.